The number of hydrogen-bond donors (Lipinski definition) is 0. The minimum Gasteiger partial charge on any atom is -0.491 e. The predicted molar refractivity (Wildman–Crippen MR) is 131 cm³/mol. The molecule has 0 N–H and O–H groups in total. The van der Waals surface area contributed by atoms with Crippen LogP contribution >= 0.6 is 0 Å². The van der Waals surface area contributed by atoms with Crippen LogP contribution in [0, 0.1) is 0 Å². The smallest absolute Gasteiger partial charge is 0.308 e. The van der Waals surface area contributed by atoms with Gasteiger partial charge >= 0.3 is 5.97 Å². The van der Waals surface area contributed by atoms with E-state index in [0.717, 1.165) is 16.9 Å². The molecule has 1 aliphatic rings. The Balaban J connectivity index is 1.76. The molecule has 0 saturated carbocycles. The average Bonchev–Trinajstić information content (AvgIpc) is 3.11. The van der Waals surface area contributed by atoms with Crippen LogP contribution in [0.25, 0.3) is 11.1 Å². The molecular weight excluding hydrogens is 408 g/mol. The van der Waals surface area contributed by atoms with Crippen molar-refractivity contribution >= 4 is 5.97 Å². The molecule has 0 heterocycles. The van der Waals surface area contributed by atoms with Crippen molar-refractivity contribution in [2.45, 2.75) is 32.3 Å². The molecule has 4 aromatic carbocycles. The second-order valence-corrected chi connectivity index (χ2v) is 8.65. The van der Waals surface area contributed by atoms with Gasteiger partial charge in [-0.15, -0.1) is 0 Å². The lowest BCUT2D eigenvalue weighted by Gasteiger charge is -2.34. The van der Waals surface area contributed by atoms with Crippen molar-refractivity contribution in [1.82, 2.24) is 0 Å². The lowest BCUT2D eigenvalue weighted by molar-refractivity contribution is -0.131. The molecule has 0 aromatic heterocycles. The monoisotopic (exact) mass is 434 g/mol. The lowest BCUT2D eigenvalue weighted by Crippen LogP contribution is -2.28. The highest BCUT2D eigenvalue weighted by Gasteiger charge is 2.45. The van der Waals surface area contributed by atoms with Gasteiger partial charge in [0.25, 0.3) is 0 Å². The van der Waals surface area contributed by atoms with E-state index in [1.54, 1.807) is 0 Å². The Morgan fingerprint density at radius 3 is 1.58 bits per heavy atom. The number of fused-ring (bicyclic) bond motifs is 3. The molecule has 0 atom stereocenters. The fourth-order valence-corrected chi connectivity index (χ4v) is 5.02. The van der Waals surface area contributed by atoms with Crippen molar-refractivity contribution in [3.8, 4) is 22.6 Å². The highest BCUT2D eigenvalue weighted by molar-refractivity contribution is 5.86. The molecule has 33 heavy (non-hydrogen) atoms. The van der Waals surface area contributed by atoms with E-state index in [4.69, 9.17) is 9.47 Å². The molecule has 0 radical (unpaired) electrons. The van der Waals surface area contributed by atoms with E-state index in [2.05, 4.69) is 72.8 Å². The van der Waals surface area contributed by atoms with Crippen LogP contribution in [-0.4, -0.2) is 12.1 Å². The van der Waals surface area contributed by atoms with Crippen molar-refractivity contribution in [2.75, 3.05) is 0 Å². The standard InChI is InChI=1S/C30H26O3/c1-20(2)32-24-16-12-22(13-17-24)30(23-14-18-25(19-15-23)33-21(3)31)28-10-6-4-8-26(28)27-9-5-7-11-29(27)30/h4-20H,1-3H3. The summed E-state index contributed by atoms with van der Waals surface area (Å²) in [6.45, 7) is 5.48. The van der Waals surface area contributed by atoms with Crippen LogP contribution in [0.5, 0.6) is 11.5 Å². The van der Waals surface area contributed by atoms with Gasteiger partial charge in [-0.05, 0) is 71.5 Å². The highest BCUT2D eigenvalue weighted by Crippen LogP contribution is 2.56. The van der Waals surface area contributed by atoms with Gasteiger partial charge in [0.15, 0.2) is 0 Å². The maximum absolute atomic E-state index is 11.4. The molecule has 3 heteroatoms. The first kappa shape index (κ1) is 21.0. The molecule has 0 amide bonds. The number of hydrogen-bond acceptors (Lipinski definition) is 3. The van der Waals surface area contributed by atoms with E-state index in [1.807, 2.05) is 38.1 Å². The Labute approximate surface area is 194 Å². The van der Waals surface area contributed by atoms with E-state index >= 15 is 0 Å². The topological polar surface area (TPSA) is 35.5 Å². The minimum absolute atomic E-state index is 0.117. The largest absolute Gasteiger partial charge is 0.491 e. The van der Waals surface area contributed by atoms with Crippen LogP contribution in [0.1, 0.15) is 43.0 Å². The summed E-state index contributed by atoms with van der Waals surface area (Å²) in [5.74, 6) is 1.07. The Kier molecular flexibility index (Phi) is 5.26. The molecular formula is C30H26O3. The van der Waals surface area contributed by atoms with E-state index in [-0.39, 0.29) is 12.1 Å². The van der Waals surface area contributed by atoms with Crippen LogP contribution in [0.4, 0.5) is 0 Å². The molecule has 0 bridgehead atoms. The van der Waals surface area contributed by atoms with Crippen LogP contribution < -0.4 is 9.47 Å². The fraction of sp³-hybridized carbons (Fsp3) is 0.167. The summed E-state index contributed by atoms with van der Waals surface area (Å²) >= 11 is 0. The molecule has 0 saturated heterocycles. The summed E-state index contributed by atoms with van der Waals surface area (Å²) < 4.78 is 11.2. The quantitative estimate of drug-likeness (QED) is 0.226. The lowest BCUT2D eigenvalue weighted by atomic mass is 9.68. The van der Waals surface area contributed by atoms with Crippen molar-refractivity contribution in [1.29, 1.82) is 0 Å². The number of ether oxygens (including phenoxy) is 2. The van der Waals surface area contributed by atoms with E-state index < -0.39 is 5.41 Å². The minimum atomic E-state index is -0.488. The third-order valence-electron chi connectivity index (χ3n) is 6.16. The fourth-order valence-electron chi connectivity index (χ4n) is 5.02. The number of benzene rings is 4. The van der Waals surface area contributed by atoms with Gasteiger partial charge in [0.2, 0.25) is 0 Å². The molecule has 4 aromatic rings. The Morgan fingerprint density at radius 2 is 1.12 bits per heavy atom. The predicted octanol–water partition coefficient (Wildman–Crippen LogP) is 6.76. The normalized spacial score (nSPS) is 13.3. The van der Waals surface area contributed by atoms with Crippen LogP contribution in [0.3, 0.4) is 0 Å². The van der Waals surface area contributed by atoms with Gasteiger partial charge in [0, 0.05) is 6.92 Å². The van der Waals surface area contributed by atoms with Crippen molar-refractivity contribution < 1.29 is 14.3 Å². The average molecular weight is 435 g/mol. The van der Waals surface area contributed by atoms with E-state index in [9.17, 15) is 4.79 Å². The second-order valence-electron chi connectivity index (χ2n) is 8.65. The van der Waals surface area contributed by atoms with Gasteiger partial charge in [-0.1, -0.05) is 72.8 Å². The van der Waals surface area contributed by atoms with Gasteiger partial charge in [-0.2, -0.15) is 0 Å². The summed E-state index contributed by atoms with van der Waals surface area (Å²) in [4.78, 5) is 11.4. The first-order valence-electron chi connectivity index (χ1n) is 11.3. The van der Waals surface area contributed by atoms with Crippen molar-refractivity contribution in [3.63, 3.8) is 0 Å². The zero-order chi connectivity index (χ0) is 23.0. The van der Waals surface area contributed by atoms with Gasteiger partial charge in [-0.3, -0.25) is 4.79 Å². The second kappa shape index (κ2) is 8.25. The Bertz CT molecular complexity index is 1260. The number of esters is 1. The van der Waals surface area contributed by atoms with Crippen LogP contribution in [-0.2, 0) is 10.2 Å². The molecule has 164 valence electrons. The summed E-state index contributed by atoms with van der Waals surface area (Å²) in [5, 5.41) is 0. The van der Waals surface area contributed by atoms with Crippen LogP contribution in [0.15, 0.2) is 97.1 Å². The van der Waals surface area contributed by atoms with Gasteiger partial charge < -0.3 is 9.47 Å². The maximum Gasteiger partial charge on any atom is 0.308 e. The number of rotatable bonds is 5. The van der Waals surface area contributed by atoms with Gasteiger partial charge in [-0.25, -0.2) is 0 Å². The summed E-state index contributed by atoms with van der Waals surface area (Å²) in [6, 6.07) is 33.5. The molecule has 0 spiro atoms. The SMILES string of the molecule is CC(=O)Oc1ccc(C2(c3ccc(OC(C)C)cc3)c3ccccc3-c3ccccc32)cc1. The summed E-state index contributed by atoms with van der Waals surface area (Å²) in [5.41, 5.74) is 6.75. The highest BCUT2D eigenvalue weighted by atomic mass is 16.5. The first-order chi connectivity index (χ1) is 16.0. The summed E-state index contributed by atoms with van der Waals surface area (Å²) in [6.07, 6.45) is 0.117. The Morgan fingerprint density at radius 1 is 0.667 bits per heavy atom. The zero-order valence-corrected chi connectivity index (χ0v) is 19.0. The molecule has 1 aliphatic carbocycles. The molecule has 5 rings (SSSR count). The molecule has 0 unspecified atom stereocenters. The molecule has 0 aliphatic heterocycles. The van der Waals surface area contributed by atoms with Gasteiger partial charge in [0.05, 0.1) is 11.5 Å². The summed E-state index contributed by atoms with van der Waals surface area (Å²) in [7, 11) is 0. The zero-order valence-electron chi connectivity index (χ0n) is 19.0. The third kappa shape index (κ3) is 3.50. The van der Waals surface area contributed by atoms with Crippen molar-refractivity contribution in [2.24, 2.45) is 0 Å². The van der Waals surface area contributed by atoms with Gasteiger partial charge in [0.1, 0.15) is 11.5 Å². The van der Waals surface area contributed by atoms with E-state index in [1.165, 1.54) is 29.2 Å². The Hall–Kier alpha value is -3.85. The maximum atomic E-state index is 11.4. The molecule has 0 fully saturated rings. The number of carbonyl (C=O) groups is 1. The number of carbonyl (C=O) groups excluding carboxylic acids is 1. The third-order valence-corrected chi connectivity index (χ3v) is 6.16. The first-order valence-corrected chi connectivity index (χ1v) is 11.3. The van der Waals surface area contributed by atoms with Crippen molar-refractivity contribution in [3.05, 3.63) is 119 Å². The van der Waals surface area contributed by atoms with Crippen LogP contribution in [0.2, 0.25) is 0 Å². The van der Waals surface area contributed by atoms with E-state index in [0.29, 0.717) is 5.75 Å². The molecule has 3 nitrogen and oxygen atoms in total.